The zero-order valence-electron chi connectivity index (χ0n) is 14.8. The van der Waals surface area contributed by atoms with E-state index in [2.05, 4.69) is 5.32 Å². The monoisotopic (exact) mass is 402 g/mol. The van der Waals surface area contributed by atoms with E-state index in [0.29, 0.717) is 24.3 Å². The largest absolute Gasteiger partial charge is 0.489 e. The highest BCUT2D eigenvalue weighted by atomic mass is 35.5. The molecule has 27 heavy (non-hydrogen) atoms. The predicted octanol–water partition coefficient (Wildman–Crippen LogP) is 4.06. The molecular weight excluding hydrogens is 381 g/mol. The van der Waals surface area contributed by atoms with Crippen molar-refractivity contribution < 1.29 is 22.7 Å². The summed E-state index contributed by atoms with van der Waals surface area (Å²) < 4.78 is 43.1. The van der Waals surface area contributed by atoms with E-state index in [4.69, 9.17) is 10.5 Å². The van der Waals surface area contributed by atoms with Gasteiger partial charge in [0.25, 0.3) is 0 Å². The van der Waals surface area contributed by atoms with Crippen molar-refractivity contribution in [1.29, 1.82) is 0 Å². The molecule has 0 saturated heterocycles. The highest BCUT2D eigenvalue weighted by Gasteiger charge is 2.29. The summed E-state index contributed by atoms with van der Waals surface area (Å²) >= 11 is 0. The van der Waals surface area contributed by atoms with Crippen molar-refractivity contribution in [2.75, 3.05) is 0 Å². The van der Waals surface area contributed by atoms with Crippen molar-refractivity contribution in [3.63, 3.8) is 0 Å². The molecule has 4 nitrogen and oxygen atoms in total. The van der Waals surface area contributed by atoms with Gasteiger partial charge in [-0.25, -0.2) is 0 Å². The summed E-state index contributed by atoms with van der Waals surface area (Å²) in [5.41, 5.74) is 6.49. The van der Waals surface area contributed by atoms with Gasteiger partial charge < -0.3 is 15.8 Å². The normalized spacial score (nSPS) is 12.0. The van der Waals surface area contributed by atoms with Crippen molar-refractivity contribution in [3.05, 3.63) is 65.2 Å². The molecule has 2 aromatic carbocycles. The molecule has 0 aliphatic rings. The van der Waals surface area contributed by atoms with Crippen LogP contribution in [0.2, 0.25) is 0 Å². The lowest BCUT2D eigenvalue weighted by Gasteiger charge is -2.11. The maximum absolute atomic E-state index is 12.5. The molecule has 0 saturated carbocycles. The van der Waals surface area contributed by atoms with Crippen molar-refractivity contribution in [3.8, 4) is 5.75 Å². The molecule has 0 radical (unpaired) electrons. The first kappa shape index (κ1) is 22.8. The lowest BCUT2D eigenvalue weighted by molar-refractivity contribution is -0.137. The van der Waals surface area contributed by atoms with Gasteiger partial charge in [-0.3, -0.25) is 4.79 Å². The number of alkyl halides is 3. The minimum atomic E-state index is -4.34. The number of benzene rings is 2. The third-order valence-corrected chi connectivity index (χ3v) is 3.85. The van der Waals surface area contributed by atoms with Crippen LogP contribution in [0.5, 0.6) is 5.75 Å². The molecule has 2 aromatic rings. The fourth-order valence-electron chi connectivity index (χ4n) is 2.17. The van der Waals surface area contributed by atoms with Crippen LogP contribution in [0.15, 0.2) is 48.5 Å². The third kappa shape index (κ3) is 7.11. The molecule has 1 atom stereocenters. The standard InChI is InChI=1S/C19H21F3N2O2.ClH/c1-2-17(23)18(25)24-11-13-5-9-16(10-6-13)26-12-14-3-7-15(8-4-14)19(20,21)22;/h3-10,17H,2,11-12,23H2,1H3,(H,24,25);1H/t17-;/m1./s1. The number of carbonyl (C=O) groups excluding carboxylic acids is 1. The van der Waals surface area contributed by atoms with E-state index in [1.807, 2.05) is 6.92 Å². The fraction of sp³-hybridized carbons (Fsp3) is 0.316. The number of rotatable bonds is 7. The van der Waals surface area contributed by atoms with Gasteiger partial charge in [0.15, 0.2) is 0 Å². The van der Waals surface area contributed by atoms with E-state index < -0.39 is 17.8 Å². The van der Waals surface area contributed by atoms with E-state index in [0.717, 1.165) is 17.7 Å². The quantitative estimate of drug-likeness (QED) is 0.734. The first-order chi connectivity index (χ1) is 12.3. The fourth-order valence-corrected chi connectivity index (χ4v) is 2.17. The molecule has 148 valence electrons. The number of amides is 1. The molecule has 0 unspecified atom stereocenters. The highest BCUT2D eigenvalue weighted by Crippen LogP contribution is 2.29. The average Bonchev–Trinajstić information content (AvgIpc) is 2.64. The Morgan fingerprint density at radius 3 is 2.15 bits per heavy atom. The Morgan fingerprint density at radius 1 is 1.07 bits per heavy atom. The first-order valence-electron chi connectivity index (χ1n) is 8.20. The van der Waals surface area contributed by atoms with Gasteiger partial charge in [0.1, 0.15) is 12.4 Å². The molecule has 3 N–H and O–H groups in total. The molecule has 1 amide bonds. The van der Waals surface area contributed by atoms with Crippen molar-refractivity contribution in [1.82, 2.24) is 5.32 Å². The van der Waals surface area contributed by atoms with Crippen LogP contribution in [0.3, 0.4) is 0 Å². The van der Waals surface area contributed by atoms with Gasteiger partial charge in [-0.15, -0.1) is 12.4 Å². The van der Waals surface area contributed by atoms with Gasteiger partial charge in [0, 0.05) is 6.54 Å². The number of hydrogen-bond acceptors (Lipinski definition) is 3. The summed E-state index contributed by atoms with van der Waals surface area (Å²) in [6, 6.07) is 11.4. The van der Waals surface area contributed by atoms with Crippen LogP contribution in [0, 0.1) is 0 Å². The Hall–Kier alpha value is -2.25. The van der Waals surface area contributed by atoms with Gasteiger partial charge in [-0.05, 0) is 41.8 Å². The van der Waals surface area contributed by atoms with Gasteiger partial charge in [0.05, 0.1) is 11.6 Å². The average molecular weight is 403 g/mol. The molecule has 2 rings (SSSR count). The van der Waals surface area contributed by atoms with Crippen molar-refractivity contribution >= 4 is 18.3 Å². The summed E-state index contributed by atoms with van der Waals surface area (Å²) in [5.74, 6) is 0.389. The van der Waals surface area contributed by atoms with E-state index in [-0.39, 0.29) is 24.9 Å². The molecule has 0 heterocycles. The first-order valence-corrected chi connectivity index (χ1v) is 8.20. The number of nitrogens with one attached hydrogen (secondary N) is 1. The molecule has 8 heteroatoms. The maximum Gasteiger partial charge on any atom is 0.416 e. The topological polar surface area (TPSA) is 64.4 Å². The van der Waals surface area contributed by atoms with Gasteiger partial charge in [0.2, 0.25) is 5.91 Å². The molecular formula is C19H22ClF3N2O2. The van der Waals surface area contributed by atoms with Gasteiger partial charge in [-0.1, -0.05) is 31.2 Å². The lowest BCUT2D eigenvalue weighted by atomic mass is 10.1. The minimum Gasteiger partial charge on any atom is -0.489 e. The molecule has 0 aliphatic heterocycles. The van der Waals surface area contributed by atoms with Crippen LogP contribution in [0.1, 0.15) is 30.0 Å². The van der Waals surface area contributed by atoms with Crippen LogP contribution in [0.25, 0.3) is 0 Å². The second-order valence-corrected chi connectivity index (χ2v) is 5.86. The highest BCUT2D eigenvalue weighted by molar-refractivity contribution is 5.85. The van der Waals surface area contributed by atoms with Crippen LogP contribution < -0.4 is 15.8 Å². The van der Waals surface area contributed by atoms with Crippen LogP contribution in [0.4, 0.5) is 13.2 Å². The SMILES string of the molecule is CC[C@@H](N)C(=O)NCc1ccc(OCc2ccc(C(F)(F)F)cc2)cc1.Cl. The number of nitrogens with two attached hydrogens (primary N) is 1. The Bertz CT molecular complexity index is 719. The Balaban J connectivity index is 0.00000364. The Morgan fingerprint density at radius 2 is 1.63 bits per heavy atom. The van der Waals surface area contributed by atoms with Crippen LogP contribution >= 0.6 is 12.4 Å². The number of ether oxygens (including phenoxy) is 1. The van der Waals surface area contributed by atoms with Crippen LogP contribution in [-0.2, 0) is 24.1 Å². The van der Waals surface area contributed by atoms with Crippen LogP contribution in [-0.4, -0.2) is 11.9 Å². The van der Waals surface area contributed by atoms with E-state index in [1.54, 1.807) is 24.3 Å². The number of carbonyl (C=O) groups is 1. The second-order valence-electron chi connectivity index (χ2n) is 5.86. The van der Waals surface area contributed by atoms with E-state index in [9.17, 15) is 18.0 Å². The second kappa shape index (κ2) is 10.2. The molecule has 0 fully saturated rings. The molecule has 0 aliphatic carbocycles. The summed E-state index contributed by atoms with van der Waals surface area (Å²) in [6.45, 7) is 2.37. The maximum atomic E-state index is 12.5. The smallest absolute Gasteiger partial charge is 0.416 e. The molecule has 0 aromatic heterocycles. The summed E-state index contributed by atoms with van der Waals surface area (Å²) in [6.07, 6.45) is -3.77. The summed E-state index contributed by atoms with van der Waals surface area (Å²) in [7, 11) is 0. The van der Waals surface area contributed by atoms with Gasteiger partial charge in [-0.2, -0.15) is 13.2 Å². The summed E-state index contributed by atoms with van der Waals surface area (Å²) in [5, 5.41) is 2.75. The van der Waals surface area contributed by atoms with Crippen molar-refractivity contribution in [2.24, 2.45) is 5.73 Å². The third-order valence-electron chi connectivity index (χ3n) is 3.85. The lowest BCUT2D eigenvalue weighted by Crippen LogP contribution is -2.39. The number of hydrogen-bond donors (Lipinski definition) is 2. The number of halogens is 4. The minimum absolute atomic E-state index is 0. The zero-order chi connectivity index (χ0) is 19.2. The van der Waals surface area contributed by atoms with Crippen molar-refractivity contribution in [2.45, 2.75) is 38.7 Å². The molecule has 0 spiro atoms. The van der Waals surface area contributed by atoms with Gasteiger partial charge >= 0.3 is 6.18 Å². The Labute approximate surface area is 162 Å². The Kier molecular flexibility index (Phi) is 8.59. The summed E-state index contributed by atoms with van der Waals surface area (Å²) in [4.78, 5) is 11.6. The van der Waals surface area contributed by atoms with E-state index >= 15 is 0 Å². The predicted molar refractivity (Wildman–Crippen MR) is 99.6 cm³/mol. The zero-order valence-corrected chi connectivity index (χ0v) is 15.6. The molecule has 0 bridgehead atoms. The van der Waals surface area contributed by atoms with E-state index in [1.165, 1.54) is 12.1 Å².